The van der Waals surface area contributed by atoms with Crippen molar-refractivity contribution < 1.29 is 28.8 Å². The molecule has 0 unspecified atom stereocenters. The van der Waals surface area contributed by atoms with Crippen LogP contribution in [0.1, 0.15) is 69.8 Å². The van der Waals surface area contributed by atoms with Gasteiger partial charge in [-0.05, 0) is 37.5 Å². The van der Waals surface area contributed by atoms with E-state index in [1.165, 1.54) is 57.8 Å². The fourth-order valence-corrected chi connectivity index (χ4v) is 4.75. The highest BCUT2D eigenvalue weighted by molar-refractivity contribution is 5.88. The Morgan fingerprint density at radius 1 is 0.757 bits per heavy atom. The summed E-state index contributed by atoms with van der Waals surface area (Å²) in [6.07, 6.45) is 12.2. The Bertz CT molecular complexity index is 1200. The molecule has 0 aliphatic heterocycles. The van der Waals surface area contributed by atoms with E-state index < -0.39 is 0 Å². The topological polar surface area (TPSA) is 98.4 Å². The van der Waals surface area contributed by atoms with Gasteiger partial charge in [-0.3, -0.25) is 4.79 Å². The summed E-state index contributed by atoms with van der Waals surface area (Å²) in [6, 6.07) is 7.99. The van der Waals surface area contributed by atoms with Gasteiger partial charge in [0.2, 0.25) is 0 Å². The Labute approximate surface area is 219 Å². The van der Waals surface area contributed by atoms with Crippen LogP contribution in [0.25, 0.3) is 22.3 Å². The van der Waals surface area contributed by atoms with E-state index in [2.05, 4.69) is 0 Å². The zero-order valence-electron chi connectivity index (χ0n) is 22.3. The summed E-state index contributed by atoms with van der Waals surface area (Å²) >= 11 is 0. The van der Waals surface area contributed by atoms with E-state index in [1.807, 2.05) is 0 Å². The van der Waals surface area contributed by atoms with Gasteiger partial charge in [-0.2, -0.15) is 0 Å². The molecule has 0 saturated heterocycles. The number of aromatic hydroxyl groups is 1. The van der Waals surface area contributed by atoms with Crippen molar-refractivity contribution >= 4 is 11.0 Å². The molecule has 2 N–H and O–H groups in total. The molecule has 37 heavy (non-hydrogen) atoms. The Morgan fingerprint density at radius 3 is 1.97 bits per heavy atom. The standard InChI is InChI=1S/C30H40O7/c1-34-26-20-28-29(24(33)19-25(37-28)21-15-16-23(32)27(18-21)35-2)30(36-3)22(26)14-12-10-8-6-4-5-7-9-11-13-17-31/h15-16,18-20,31-32H,4-14,17H2,1-3H3. The normalized spacial score (nSPS) is 11.1. The monoisotopic (exact) mass is 512 g/mol. The Morgan fingerprint density at radius 2 is 1.38 bits per heavy atom. The van der Waals surface area contributed by atoms with Crippen molar-refractivity contribution in [3.05, 3.63) is 46.1 Å². The van der Waals surface area contributed by atoms with E-state index in [9.17, 15) is 9.90 Å². The first kappa shape index (κ1) is 28.4. The van der Waals surface area contributed by atoms with Crippen LogP contribution in [-0.2, 0) is 6.42 Å². The number of aliphatic hydroxyl groups excluding tert-OH is 1. The molecule has 0 spiro atoms. The number of aliphatic hydroxyl groups is 1. The van der Waals surface area contributed by atoms with Crippen LogP contribution in [-0.4, -0.2) is 38.1 Å². The Balaban J connectivity index is 1.71. The molecule has 0 radical (unpaired) electrons. The van der Waals surface area contributed by atoms with Crippen molar-refractivity contribution in [1.82, 2.24) is 0 Å². The molecule has 1 aromatic heterocycles. The molecule has 1 heterocycles. The van der Waals surface area contributed by atoms with Crippen molar-refractivity contribution in [2.24, 2.45) is 0 Å². The average molecular weight is 513 g/mol. The highest BCUT2D eigenvalue weighted by Gasteiger charge is 2.20. The number of ether oxygens (including phenoxy) is 3. The molecule has 2 aromatic carbocycles. The van der Waals surface area contributed by atoms with Crippen molar-refractivity contribution in [3.63, 3.8) is 0 Å². The van der Waals surface area contributed by atoms with Crippen LogP contribution in [0.4, 0.5) is 0 Å². The highest BCUT2D eigenvalue weighted by Crippen LogP contribution is 2.39. The summed E-state index contributed by atoms with van der Waals surface area (Å²) in [5, 5.41) is 19.1. The molecule has 0 atom stereocenters. The van der Waals surface area contributed by atoms with Crippen LogP contribution >= 0.6 is 0 Å². The molecular weight excluding hydrogens is 472 g/mol. The summed E-state index contributed by atoms with van der Waals surface area (Å²) in [6.45, 7) is 0.300. The van der Waals surface area contributed by atoms with Gasteiger partial charge in [0, 0.05) is 29.9 Å². The number of phenols is 1. The van der Waals surface area contributed by atoms with Gasteiger partial charge in [-0.15, -0.1) is 0 Å². The molecule has 0 bridgehead atoms. The fraction of sp³-hybridized carbons (Fsp3) is 0.500. The molecule has 202 valence electrons. The lowest BCUT2D eigenvalue weighted by Crippen LogP contribution is -2.06. The van der Waals surface area contributed by atoms with E-state index >= 15 is 0 Å². The zero-order chi connectivity index (χ0) is 26.6. The molecule has 7 heteroatoms. The fourth-order valence-electron chi connectivity index (χ4n) is 4.75. The van der Waals surface area contributed by atoms with Gasteiger partial charge in [0.25, 0.3) is 0 Å². The number of methoxy groups -OCH3 is 3. The zero-order valence-corrected chi connectivity index (χ0v) is 22.3. The van der Waals surface area contributed by atoms with Gasteiger partial charge in [-0.1, -0.05) is 51.4 Å². The second kappa shape index (κ2) is 14.5. The minimum Gasteiger partial charge on any atom is -0.504 e. The SMILES string of the molecule is COc1cc(-c2cc(=O)c3c(OC)c(CCCCCCCCCCCCO)c(OC)cc3o2)ccc1O. The quantitative estimate of drug-likeness (QED) is 0.208. The molecule has 0 fully saturated rings. The maximum absolute atomic E-state index is 13.2. The van der Waals surface area contributed by atoms with Gasteiger partial charge >= 0.3 is 0 Å². The minimum absolute atomic E-state index is 0.0107. The van der Waals surface area contributed by atoms with Gasteiger partial charge in [-0.25, -0.2) is 0 Å². The molecule has 3 rings (SSSR count). The summed E-state index contributed by atoms with van der Waals surface area (Å²) in [5.41, 5.74) is 1.67. The minimum atomic E-state index is -0.206. The lowest BCUT2D eigenvalue weighted by molar-refractivity contribution is 0.282. The predicted molar refractivity (Wildman–Crippen MR) is 146 cm³/mol. The summed E-state index contributed by atoms with van der Waals surface area (Å²) < 4.78 is 22.7. The van der Waals surface area contributed by atoms with E-state index in [-0.39, 0.29) is 11.2 Å². The second-order valence-electron chi connectivity index (χ2n) is 9.33. The second-order valence-corrected chi connectivity index (χ2v) is 9.33. The van der Waals surface area contributed by atoms with Crippen molar-refractivity contribution in [2.45, 2.75) is 70.6 Å². The summed E-state index contributed by atoms with van der Waals surface area (Å²) in [7, 11) is 4.64. The van der Waals surface area contributed by atoms with Gasteiger partial charge in [0.1, 0.15) is 28.2 Å². The van der Waals surface area contributed by atoms with E-state index in [0.29, 0.717) is 46.1 Å². The van der Waals surface area contributed by atoms with Crippen LogP contribution in [0, 0.1) is 0 Å². The molecule has 0 amide bonds. The van der Waals surface area contributed by atoms with Gasteiger partial charge < -0.3 is 28.8 Å². The Hall–Kier alpha value is -3.19. The van der Waals surface area contributed by atoms with Crippen LogP contribution in [0.2, 0.25) is 0 Å². The van der Waals surface area contributed by atoms with Gasteiger partial charge in [0.05, 0.1) is 21.3 Å². The number of phenolic OH excluding ortho intramolecular Hbond substituents is 1. The van der Waals surface area contributed by atoms with E-state index in [0.717, 1.165) is 37.7 Å². The molecule has 3 aromatic rings. The van der Waals surface area contributed by atoms with Crippen LogP contribution in [0.5, 0.6) is 23.0 Å². The number of benzene rings is 2. The summed E-state index contributed by atoms with van der Waals surface area (Å²) in [4.78, 5) is 13.2. The molecule has 0 aliphatic rings. The third-order valence-corrected chi connectivity index (χ3v) is 6.76. The van der Waals surface area contributed by atoms with Crippen molar-refractivity contribution in [3.8, 4) is 34.3 Å². The number of rotatable bonds is 16. The highest BCUT2D eigenvalue weighted by atomic mass is 16.5. The smallest absolute Gasteiger partial charge is 0.197 e. The predicted octanol–water partition coefficient (Wildman–Crippen LogP) is 6.63. The van der Waals surface area contributed by atoms with Crippen molar-refractivity contribution in [1.29, 1.82) is 0 Å². The third kappa shape index (κ3) is 7.41. The van der Waals surface area contributed by atoms with Crippen LogP contribution in [0.3, 0.4) is 0 Å². The third-order valence-electron chi connectivity index (χ3n) is 6.76. The number of hydrogen-bond acceptors (Lipinski definition) is 7. The molecular formula is C30H40O7. The van der Waals surface area contributed by atoms with Crippen LogP contribution in [0.15, 0.2) is 39.5 Å². The first-order valence-electron chi connectivity index (χ1n) is 13.2. The van der Waals surface area contributed by atoms with Crippen molar-refractivity contribution in [2.75, 3.05) is 27.9 Å². The Kier molecular flexibility index (Phi) is 11.1. The lowest BCUT2D eigenvalue weighted by atomic mass is 10.00. The van der Waals surface area contributed by atoms with E-state index in [1.54, 1.807) is 32.4 Å². The first-order valence-corrected chi connectivity index (χ1v) is 13.2. The first-order chi connectivity index (χ1) is 18.0. The van der Waals surface area contributed by atoms with E-state index in [4.69, 9.17) is 23.7 Å². The van der Waals surface area contributed by atoms with Gasteiger partial charge in [0.15, 0.2) is 16.9 Å². The lowest BCUT2D eigenvalue weighted by Gasteiger charge is -2.16. The largest absolute Gasteiger partial charge is 0.504 e. The average Bonchev–Trinajstić information content (AvgIpc) is 2.91. The maximum atomic E-state index is 13.2. The number of hydrogen-bond donors (Lipinski definition) is 2. The number of fused-ring (bicyclic) bond motifs is 1. The molecule has 0 aliphatic carbocycles. The molecule has 7 nitrogen and oxygen atoms in total. The summed E-state index contributed by atoms with van der Waals surface area (Å²) in [5.74, 6) is 1.80. The maximum Gasteiger partial charge on any atom is 0.197 e. The number of unbranched alkanes of at least 4 members (excludes halogenated alkanes) is 9. The van der Waals surface area contributed by atoms with Crippen LogP contribution < -0.4 is 19.6 Å². The molecule has 0 saturated carbocycles.